The molecule has 6 nitrogen and oxygen atoms in total. The molecule has 2 rings (SSSR count). The van der Waals surface area contributed by atoms with E-state index in [0.29, 0.717) is 34.7 Å². The fourth-order valence-electron chi connectivity index (χ4n) is 2.41. The molecule has 7 heteroatoms. The van der Waals surface area contributed by atoms with Gasteiger partial charge in [0, 0.05) is 11.0 Å². The lowest BCUT2D eigenvalue weighted by Gasteiger charge is -2.12. The zero-order valence-electron chi connectivity index (χ0n) is 16.2. The van der Waals surface area contributed by atoms with Crippen molar-refractivity contribution in [3.8, 4) is 23.3 Å². The van der Waals surface area contributed by atoms with Gasteiger partial charge in [0.15, 0.2) is 11.5 Å². The molecule has 0 aliphatic carbocycles. The Labute approximate surface area is 178 Å². The van der Waals surface area contributed by atoms with Crippen molar-refractivity contribution in [1.29, 1.82) is 5.26 Å². The number of halogens is 1. The molecule has 0 heterocycles. The van der Waals surface area contributed by atoms with Crippen LogP contribution in [0, 0.1) is 11.3 Å². The van der Waals surface area contributed by atoms with Crippen LogP contribution in [0.2, 0.25) is 0 Å². The Kier molecular flexibility index (Phi) is 8.31. The summed E-state index contributed by atoms with van der Waals surface area (Å²) in [6.07, 6.45) is 3.12. The number of rotatable bonds is 9. The number of nitriles is 1. The van der Waals surface area contributed by atoms with Gasteiger partial charge in [-0.05, 0) is 41.5 Å². The number of benzene rings is 2. The van der Waals surface area contributed by atoms with E-state index in [0.717, 1.165) is 11.3 Å². The van der Waals surface area contributed by atoms with E-state index in [4.69, 9.17) is 14.2 Å². The highest BCUT2D eigenvalue weighted by Gasteiger charge is 2.13. The van der Waals surface area contributed by atoms with Crippen molar-refractivity contribution in [3.05, 3.63) is 70.2 Å². The molecule has 0 atom stereocenters. The Morgan fingerprint density at radius 1 is 1.21 bits per heavy atom. The predicted octanol–water partition coefficient (Wildman–Crippen LogP) is 4.25. The summed E-state index contributed by atoms with van der Waals surface area (Å²) in [5, 5.41) is 12.2. The fourth-order valence-corrected chi connectivity index (χ4v) is 2.84. The average molecular weight is 457 g/mol. The quantitative estimate of drug-likeness (QED) is 0.346. The maximum atomic E-state index is 12.4. The van der Waals surface area contributed by atoms with Gasteiger partial charge in [0.1, 0.15) is 24.0 Å². The number of hydrogen-bond donors (Lipinski definition) is 1. The lowest BCUT2D eigenvalue weighted by Crippen LogP contribution is -2.23. The van der Waals surface area contributed by atoms with Crippen LogP contribution in [0.4, 0.5) is 0 Å². The Morgan fingerprint density at radius 3 is 2.52 bits per heavy atom. The van der Waals surface area contributed by atoms with Crippen LogP contribution in [-0.4, -0.2) is 26.7 Å². The van der Waals surface area contributed by atoms with Crippen LogP contribution < -0.4 is 19.5 Å². The molecule has 0 spiro atoms. The molecule has 29 heavy (non-hydrogen) atoms. The molecule has 150 valence electrons. The summed E-state index contributed by atoms with van der Waals surface area (Å²) >= 11 is 3.44. The van der Waals surface area contributed by atoms with Crippen molar-refractivity contribution >= 4 is 27.9 Å². The topological polar surface area (TPSA) is 80.6 Å². The van der Waals surface area contributed by atoms with Crippen LogP contribution in [-0.2, 0) is 11.3 Å². The SMILES string of the molecule is C=CCOc1cc(Br)c(/C=C(/C#N)C(=O)NCc2ccc(OC)cc2)cc1OC. The average Bonchev–Trinajstić information content (AvgIpc) is 2.75. The third-order valence-corrected chi connectivity index (χ3v) is 4.60. The van der Waals surface area contributed by atoms with Crippen LogP contribution in [0.1, 0.15) is 11.1 Å². The number of carbonyl (C=O) groups is 1. The van der Waals surface area contributed by atoms with Gasteiger partial charge < -0.3 is 19.5 Å². The smallest absolute Gasteiger partial charge is 0.262 e. The molecule has 1 amide bonds. The van der Waals surface area contributed by atoms with Crippen LogP contribution in [0.15, 0.2) is 59.1 Å². The maximum absolute atomic E-state index is 12.4. The third kappa shape index (κ3) is 6.13. The third-order valence-electron chi connectivity index (χ3n) is 3.92. The van der Waals surface area contributed by atoms with Gasteiger partial charge in [0.05, 0.1) is 14.2 Å². The summed E-state index contributed by atoms with van der Waals surface area (Å²) in [7, 11) is 3.11. The second-order valence-corrected chi connectivity index (χ2v) is 6.68. The Bertz CT molecular complexity index is 947. The first-order valence-electron chi connectivity index (χ1n) is 8.66. The summed E-state index contributed by atoms with van der Waals surface area (Å²) in [5.74, 6) is 1.27. The molecule has 0 aromatic heterocycles. The molecule has 1 N–H and O–H groups in total. The van der Waals surface area contributed by atoms with E-state index in [9.17, 15) is 10.1 Å². The van der Waals surface area contributed by atoms with E-state index < -0.39 is 5.91 Å². The number of nitrogens with one attached hydrogen (secondary N) is 1. The molecular weight excluding hydrogens is 436 g/mol. The van der Waals surface area contributed by atoms with Gasteiger partial charge in [-0.2, -0.15) is 5.26 Å². The standard InChI is InChI=1S/C22H21BrN2O4/c1-4-9-29-21-12-19(23)16(11-20(21)28-3)10-17(13-24)22(26)25-14-15-5-7-18(27-2)8-6-15/h4-8,10-12H,1,9,14H2,2-3H3,(H,25,26)/b17-10-. The number of hydrogen-bond acceptors (Lipinski definition) is 5. The summed E-state index contributed by atoms with van der Waals surface area (Å²) in [5.41, 5.74) is 1.48. The highest BCUT2D eigenvalue weighted by atomic mass is 79.9. The second kappa shape index (κ2) is 10.9. The molecule has 0 saturated heterocycles. The van der Waals surface area contributed by atoms with Crippen molar-refractivity contribution in [2.45, 2.75) is 6.54 Å². The number of methoxy groups -OCH3 is 2. The monoisotopic (exact) mass is 456 g/mol. The van der Waals surface area contributed by atoms with E-state index >= 15 is 0 Å². The van der Waals surface area contributed by atoms with E-state index in [1.165, 1.54) is 13.2 Å². The van der Waals surface area contributed by atoms with Gasteiger partial charge >= 0.3 is 0 Å². The zero-order chi connectivity index (χ0) is 21.2. The van der Waals surface area contributed by atoms with E-state index in [2.05, 4.69) is 27.8 Å². The molecule has 0 fully saturated rings. The zero-order valence-corrected chi connectivity index (χ0v) is 17.8. The number of nitrogens with zero attached hydrogens (tertiary/aromatic N) is 1. The molecule has 0 aliphatic heterocycles. The van der Waals surface area contributed by atoms with Gasteiger partial charge in [-0.15, -0.1) is 0 Å². The minimum absolute atomic E-state index is 0.0268. The van der Waals surface area contributed by atoms with Crippen molar-refractivity contribution < 1.29 is 19.0 Å². The minimum atomic E-state index is -0.471. The fraction of sp³-hybridized carbons (Fsp3) is 0.182. The summed E-state index contributed by atoms with van der Waals surface area (Å²) in [4.78, 5) is 12.4. The lowest BCUT2D eigenvalue weighted by atomic mass is 10.1. The lowest BCUT2D eigenvalue weighted by molar-refractivity contribution is -0.117. The molecule has 0 bridgehead atoms. The number of carbonyl (C=O) groups excluding carboxylic acids is 1. The van der Waals surface area contributed by atoms with Gasteiger partial charge in [-0.1, -0.05) is 40.7 Å². The highest BCUT2D eigenvalue weighted by molar-refractivity contribution is 9.10. The van der Waals surface area contributed by atoms with Crippen LogP contribution in [0.3, 0.4) is 0 Å². The van der Waals surface area contributed by atoms with Gasteiger partial charge in [0.25, 0.3) is 5.91 Å². The summed E-state index contributed by atoms with van der Waals surface area (Å²) in [6, 6.07) is 12.7. The van der Waals surface area contributed by atoms with Gasteiger partial charge in [-0.25, -0.2) is 0 Å². The number of amides is 1. The first-order valence-corrected chi connectivity index (χ1v) is 9.45. The van der Waals surface area contributed by atoms with E-state index in [-0.39, 0.29) is 5.57 Å². The van der Waals surface area contributed by atoms with Crippen LogP contribution >= 0.6 is 15.9 Å². The van der Waals surface area contributed by atoms with Crippen LogP contribution in [0.5, 0.6) is 17.2 Å². The Hall–Kier alpha value is -3.24. The van der Waals surface area contributed by atoms with Gasteiger partial charge in [0.2, 0.25) is 0 Å². The van der Waals surface area contributed by atoms with E-state index in [1.54, 1.807) is 25.3 Å². The molecule has 0 saturated carbocycles. The van der Waals surface area contributed by atoms with Crippen molar-refractivity contribution in [3.63, 3.8) is 0 Å². The normalized spacial score (nSPS) is 10.6. The summed E-state index contributed by atoms with van der Waals surface area (Å²) < 4.78 is 16.7. The molecular formula is C22H21BrN2O4. The first-order chi connectivity index (χ1) is 14.0. The van der Waals surface area contributed by atoms with Crippen molar-refractivity contribution in [2.24, 2.45) is 0 Å². The molecule has 0 aliphatic rings. The number of ether oxygens (including phenoxy) is 3. The van der Waals surface area contributed by atoms with Crippen molar-refractivity contribution in [2.75, 3.05) is 20.8 Å². The van der Waals surface area contributed by atoms with Gasteiger partial charge in [-0.3, -0.25) is 4.79 Å². The largest absolute Gasteiger partial charge is 0.497 e. The maximum Gasteiger partial charge on any atom is 0.262 e. The highest BCUT2D eigenvalue weighted by Crippen LogP contribution is 2.34. The van der Waals surface area contributed by atoms with E-state index in [1.807, 2.05) is 30.3 Å². The van der Waals surface area contributed by atoms with Crippen LogP contribution in [0.25, 0.3) is 6.08 Å². The molecule has 2 aromatic rings. The first kappa shape index (κ1) is 22.1. The Morgan fingerprint density at radius 2 is 1.93 bits per heavy atom. The second-order valence-electron chi connectivity index (χ2n) is 5.82. The minimum Gasteiger partial charge on any atom is -0.497 e. The Balaban J connectivity index is 2.17. The summed E-state index contributed by atoms with van der Waals surface area (Å²) in [6.45, 7) is 4.24. The molecule has 0 radical (unpaired) electrons. The molecule has 0 unspecified atom stereocenters. The molecule has 2 aromatic carbocycles. The van der Waals surface area contributed by atoms with Crippen molar-refractivity contribution in [1.82, 2.24) is 5.32 Å². The predicted molar refractivity (Wildman–Crippen MR) is 115 cm³/mol.